The van der Waals surface area contributed by atoms with Crippen molar-refractivity contribution in [1.29, 1.82) is 0 Å². The van der Waals surface area contributed by atoms with E-state index in [9.17, 15) is 5.11 Å². The van der Waals surface area contributed by atoms with E-state index in [-0.39, 0.29) is 17.9 Å². The van der Waals surface area contributed by atoms with Gasteiger partial charge in [-0.25, -0.2) is 4.68 Å². The van der Waals surface area contributed by atoms with E-state index in [1.54, 1.807) is 0 Å². The van der Waals surface area contributed by atoms with E-state index in [0.29, 0.717) is 6.04 Å². The summed E-state index contributed by atoms with van der Waals surface area (Å²) in [6.07, 6.45) is 6.70. The molecule has 1 fully saturated rings. The molecule has 1 saturated carbocycles. The van der Waals surface area contributed by atoms with Crippen LogP contribution in [0.3, 0.4) is 0 Å². The fourth-order valence-electron chi connectivity index (χ4n) is 2.56. The number of tetrazole rings is 1. The van der Waals surface area contributed by atoms with Gasteiger partial charge >= 0.3 is 0 Å². The molecule has 7 heteroatoms. The first kappa shape index (κ1) is 14.7. The Morgan fingerprint density at radius 3 is 2.84 bits per heavy atom. The number of nitrogens with two attached hydrogens (primary N) is 1. The summed E-state index contributed by atoms with van der Waals surface area (Å²) in [5.74, 6) is 0. The lowest BCUT2D eigenvalue weighted by Crippen LogP contribution is -2.35. The third-order valence-corrected chi connectivity index (χ3v) is 4.95. The smallest absolute Gasteiger partial charge is 0.209 e. The highest BCUT2D eigenvalue weighted by Gasteiger charge is 2.25. The Morgan fingerprint density at radius 2 is 2.21 bits per heavy atom. The van der Waals surface area contributed by atoms with Crippen LogP contribution < -0.4 is 5.73 Å². The van der Waals surface area contributed by atoms with Gasteiger partial charge in [0.05, 0.1) is 17.9 Å². The van der Waals surface area contributed by atoms with Crippen LogP contribution in [0.15, 0.2) is 5.16 Å². The minimum Gasteiger partial charge on any atom is -0.395 e. The summed E-state index contributed by atoms with van der Waals surface area (Å²) < 4.78 is 1.92. The summed E-state index contributed by atoms with van der Waals surface area (Å²) in [6, 6.07) is 0.396. The van der Waals surface area contributed by atoms with E-state index >= 15 is 0 Å². The van der Waals surface area contributed by atoms with Gasteiger partial charge in [0.25, 0.3) is 0 Å². The lowest BCUT2D eigenvalue weighted by atomic mass is 10.1. The van der Waals surface area contributed by atoms with Gasteiger partial charge in [0.1, 0.15) is 0 Å². The molecule has 19 heavy (non-hydrogen) atoms. The number of aliphatic hydroxyl groups excluding tert-OH is 1. The molecule has 0 radical (unpaired) electrons. The minimum absolute atomic E-state index is 0.0197. The number of hydrogen-bond donors (Lipinski definition) is 2. The van der Waals surface area contributed by atoms with Crippen LogP contribution in [0.4, 0.5) is 0 Å². The summed E-state index contributed by atoms with van der Waals surface area (Å²) in [5, 5.41) is 22.2. The van der Waals surface area contributed by atoms with Gasteiger partial charge in [-0.1, -0.05) is 37.9 Å². The van der Waals surface area contributed by atoms with Gasteiger partial charge < -0.3 is 10.8 Å². The van der Waals surface area contributed by atoms with Crippen LogP contribution in [0.1, 0.15) is 51.5 Å². The van der Waals surface area contributed by atoms with Crippen LogP contribution in [0.2, 0.25) is 0 Å². The molecule has 1 heterocycles. The number of aliphatic hydroxyl groups is 1. The number of aromatic nitrogens is 4. The zero-order valence-electron chi connectivity index (χ0n) is 11.4. The first-order valence-corrected chi connectivity index (χ1v) is 7.95. The van der Waals surface area contributed by atoms with Crippen molar-refractivity contribution < 1.29 is 5.11 Å². The number of nitrogens with zero attached hydrogens (tertiary/aromatic N) is 4. The minimum atomic E-state index is -0.0360. The summed E-state index contributed by atoms with van der Waals surface area (Å²) in [4.78, 5) is 0. The molecule has 0 spiro atoms. The van der Waals surface area contributed by atoms with Crippen molar-refractivity contribution in [1.82, 2.24) is 20.2 Å². The van der Waals surface area contributed by atoms with Crippen LogP contribution in [-0.4, -0.2) is 43.2 Å². The molecule has 2 atom stereocenters. The molecular formula is C12H23N5OS. The van der Waals surface area contributed by atoms with E-state index in [4.69, 9.17) is 5.73 Å². The molecule has 1 aliphatic rings. The van der Waals surface area contributed by atoms with Crippen LogP contribution in [0, 0.1) is 0 Å². The van der Waals surface area contributed by atoms with Gasteiger partial charge in [-0.15, -0.1) is 5.10 Å². The highest BCUT2D eigenvalue weighted by Crippen LogP contribution is 2.33. The number of hydrogen-bond acceptors (Lipinski definition) is 6. The second-order valence-electron chi connectivity index (χ2n) is 5.14. The Morgan fingerprint density at radius 1 is 1.47 bits per heavy atom. The molecule has 6 nitrogen and oxygen atoms in total. The standard InChI is InChI=1S/C12H23N5OS/c1-2-5-10(13)11(8-18)19-12-14-15-16-17(12)9-6-3-4-7-9/h9-11,18H,2-8,13H2,1H3. The molecule has 3 N–H and O–H groups in total. The average molecular weight is 285 g/mol. The molecule has 1 aromatic rings. The van der Waals surface area contributed by atoms with E-state index in [0.717, 1.165) is 30.8 Å². The van der Waals surface area contributed by atoms with Gasteiger partial charge in [0.2, 0.25) is 5.16 Å². The topological polar surface area (TPSA) is 89.8 Å². The zero-order valence-corrected chi connectivity index (χ0v) is 12.2. The summed E-state index contributed by atoms with van der Waals surface area (Å²) in [7, 11) is 0. The maximum absolute atomic E-state index is 9.50. The third-order valence-electron chi connectivity index (χ3n) is 3.67. The lowest BCUT2D eigenvalue weighted by molar-refractivity contribution is 0.279. The van der Waals surface area contributed by atoms with Crippen molar-refractivity contribution in [3.63, 3.8) is 0 Å². The summed E-state index contributed by atoms with van der Waals surface area (Å²) >= 11 is 1.51. The Bertz CT molecular complexity index is 380. The molecule has 0 amide bonds. The van der Waals surface area contributed by atoms with Crippen LogP contribution in [0.5, 0.6) is 0 Å². The number of thioether (sulfide) groups is 1. The molecular weight excluding hydrogens is 262 g/mol. The van der Waals surface area contributed by atoms with Crippen molar-refractivity contribution in [3.8, 4) is 0 Å². The van der Waals surface area contributed by atoms with Crippen molar-refractivity contribution >= 4 is 11.8 Å². The Kier molecular flexibility index (Phi) is 5.59. The van der Waals surface area contributed by atoms with E-state index in [2.05, 4.69) is 22.4 Å². The second-order valence-corrected chi connectivity index (χ2v) is 6.34. The van der Waals surface area contributed by atoms with Gasteiger partial charge in [-0.2, -0.15) is 0 Å². The first-order valence-electron chi connectivity index (χ1n) is 7.07. The normalized spacial score (nSPS) is 19.7. The van der Waals surface area contributed by atoms with Crippen LogP contribution in [-0.2, 0) is 0 Å². The number of rotatable bonds is 7. The average Bonchev–Trinajstić information content (AvgIpc) is 3.06. The quantitative estimate of drug-likeness (QED) is 0.735. The van der Waals surface area contributed by atoms with Crippen molar-refractivity contribution in [3.05, 3.63) is 0 Å². The van der Waals surface area contributed by atoms with Gasteiger partial charge in [-0.05, 0) is 29.7 Å². The van der Waals surface area contributed by atoms with Crippen molar-refractivity contribution in [2.24, 2.45) is 5.73 Å². The Balaban J connectivity index is 2.03. The molecule has 0 aromatic carbocycles. The largest absolute Gasteiger partial charge is 0.395 e. The Labute approximate surface area is 118 Å². The molecule has 2 rings (SSSR count). The third kappa shape index (κ3) is 3.67. The maximum atomic E-state index is 9.50. The summed E-state index contributed by atoms with van der Waals surface area (Å²) in [5.41, 5.74) is 6.10. The molecule has 0 bridgehead atoms. The molecule has 0 saturated heterocycles. The lowest BCUT2D eigenvalue weighted by Gasteiger charge is -2.21. The highest BCUT2D eigenvalue weighted by atomic mass is 32.2. The van der Waals surface area contributed by atoms with Gasteiger partial charge in [-0.3, -0.25) is 0 Å². The fourth-order valence-corrected chi connectivity index (χ4v) is 3.59. The maximum Gasteiger partial charge on any atom is 0.209 e. The molecule has 1 aliphatic carbocycles. The molecule has 1 aromatic heterocycles. The van der Waals surface area contributed by atoms with Crippen molar-refractivity contribution in [2.45, 2.75) is 67.9 Å². The zero-order chi connectivity index (χ0) is 13.7. The van der Waals surface area contributed by atoms with Crippen LogP contribution in [0.25, 0.3) is 0 Å². The van der Waals surface area contributed by atoms with Gasteiger partial charge in [0.15, 0.2) is 0 Å². The second kappa shape index (κ2) is 7.21. The fraction of sp³-hybridized carbons (Fsp3) is 0.917. The predicted octanol–water partition coefficient (Wildman–Crippen LogP) is 1.37. The van der Waals surface area contributed by atoms with E-state index < -0.39 is 0 Å². The Hall–Kier alpha value is -0.660. The van der Waals surface area contributed by atoms with E-state index in [1.165, 1.54) is 24.6 Å². The highest BCUT2D eigenvalue weighted by molar-refractivity contribution is 7.99. The monoisotopic (exact) mass is 285 g/mol. The SMILES string of the molecule is CCCC(N)C(CO)Sc1nnnn1C1CCCC1. The molecule has 108 valence electrons. The van der Waals surface area contributed by atoms with E-state index in [1.807, 2.05) is 4.68 Å². The first-order chi connectivity index (χ1) is 9.26. The predicted molar refractivity (Wildman–Crippen MR) is 74.9 cm³/mol. The van der Waals surface area contributed by atoms with Gasteiger partial charge in [0, 0.05) is 6.04 Å². The van der Waals surface area contributed by atoms with Crippen LogP contribution >= 0.6 is 11.8 Å². The molecule has 2 unspecified atom stereocenters. The summed E-state index contributed by atoms with van der Waals surface area (Å²) in [6.45, 7) is 2.16. The van der Waals surface area contributed by atoms with Crippen molar-refractivity contribution in [2.75, 3.05) is 6.61 Å². The molecule has 0 aliphatic heterocycles.